The highest BCUT2D eigenvalue weighted by molar-refractivity contribution is 7.94. The number of hydrogen-bond donors (Lipinski definition) is 2. The van der Waals surface area contributed by atoms with Crippen LogP contribution in [0.15, 0.2) is 69.0 Å². The van der Waals surface area contributed by atoms with Crippen LogP contribution in [0.25, 0.3) is 11.8 Å². The lowest BCUT2D eigenvalue weighted by Crippen LogP contribution is -2.23. The Bertz CT molecular complexity index is 1560. The molecule has 2 heterocycles. The number of aromatic nitrogens is 1. The second kappa shape index (κ2) is 10.7. The zero-order chi connectivity index (χ0) is 27.8. The number of nitrogens with zero attached hydrogens (tertiary/aromatic N) is 4. The fourth-order valence-electron chi connectivity index (χ4n) is 4.22. The van der Waals surface area contributed by atoms with Gasteiger partial charge in [0.2, 0.25) is 0 Å². The molecule has 0 spiro atoms. The SMILES string of the molecule is CC1=NN(c2cc(SOOO)ccc2S(=O)(=O)O)C(=O)/C1=C\c1cc(C)n(-c2ccc(N(C)C)cc2)c1C. The maximum atomic E-state index is 13.5. The van der Waals surface area contributed by atoms with Crippen molar-refractivity contribution in [2.45, 2.75) is 30.6 Å². The fourth-order valence-corrected chi connectivity index (χ4v) is 5.26. The largest absolute Gasteiger partial charge is 0.378 e. The Balaban J connectivity index is 1.73. The van der Waals surface area contributed by atoms with Crippen LogP contribution < -0.4 is 9.91 Å². The molecule has 2 N–H and O–H groups in total. The molecule has 1 amide bonds. The van der Waals surface area contributed by atoms with E-state index in [2.05, 4.69) is 19.0 Å². The van der Waals surface area contributed by atoms with E-state index in [-0.39, 0.29) is 16.2 Å². The summed E-state index contributed by atoms with van der Waals surface area (Å²) in [5, 5.41) is 17.2. The van der Waals surface area contributed by atoms with Gasteiger partial charge in [-0.2, -0.15) is 18.5 Å². The molecule has 38 heavy (non-hydrogen) atoms. The molecule has 1 aromatic heterocycles. The summed E-state index contributed by atoms with van der Waals surface area (Å²) in [6.45, 7) is 5.55. The molecule has 4 rings (SSSR count). The molecular formula is C25H26N4O7S2. The first-order valence-corrected chi connectivity index (χ1v) is 13.4. The van der Waals surface area contributed by atoms with Gasteiger partial charge in [-0.3, -0.25) is 9.35 Å². The molecule has 0 saturated carbocycles. The van der Waals surface area contributed by atoms with Crippen LogP contribution in [-0.4, -0.2) is 48.5 Å². The predicted octanol–water partition coefficient (Wildman–Crippen LogP) is 4.64. The van der Waals surface area contributed by atoms with Crippen LogP contribution in [0.4, 0.5) is 11.4 Å². The van der Waals surface area contributed by atoms with Gasteiger partial charge in [0.15, 0.2) is 0 Å². The van der Waals surface area contributed by atoms with Crippen molar-refractivity contribution in [1.82, 2.24) is 4.57 Å². The molecule has 1 aliphatic heterocycles. The third-order valence-electron chi connectivity index (χ3n) is 6.05. The highest BCUT2D eigenvalue weighted by Gasteiger charge is 2.33. The fraction of sp³-hybridized carbons (Fsp3) is 0.200. The van der Waals surface area contributed by atoms with E-state index >= 15 is 0 Å². The summed E-state index contributed by atoms with van der Waals surface area (Å²) in [5.41, 5.74) is 5.17. The van der Waals surface area contributed by atoms with Gasteiger partial charge < -0.3 is 9.47 Å². The quantitative estimate of drug-likeness (QED) is 0.133. The van der Waals surface area contributed by atoms with Crippen molar-refractivity contribution in [2.24, 2.45) is 5.10 Å². The first-order chi connectivity index (χ1) is 17.9. The zero-order valence-electron chi connectivity index (χ0n) is 21.2. The highest BCUT2D eigenvalue weighted by atomic mass is 32.2. The third kappa shape index (κ3) is 5.38. The molecule has 0 aliphatic carbocycles. The third-order valence-corrected chi connectivity index (χ3v) is 7.53. The molecule has 3 aromatic rings. The zero-order valence-corrected chi connectivity index (χ0v) is 22.9. The number of amides is 1. The average Bonchev–Trinajstić information content (AvgIpc) is 3.31. The Kier molecular flexibility index (Phi) is 7.78. The van der Waals surface area contributed by atoms with Gasteiger partial charge in [0, 0.05) is 41.8 Å². The van der Waals surface area contributed by atoms with E-state index in [4.69, 9.17) is 5.26 Å². The Morgan fingerprint density at radius 3 is 2.34 bits per heavy atom. The molecule has 0 atom stereocenters. The molecule has 0 fully saturated rings. The summed E-state index contributed by atoms with van der Waals surface area (Å²) in [6.07, 6.45) is 1.71. The van der Waals surface area contributed by atoms with Crippen molar-refractivity contribution in [3.63, 3.8) is 0 Å². The molecule has 200 valence electrons. The normalized spacial score (nSPS) is 14.9. The summed E-state index contributed by atoms with van der Waals surface area (Å²) in [7, 11) is -0.744. The van der Waals surface area contributed by atoms with Crippen LogP contribution in [0.2, 0.25) is 0 Å². The first kappa shape index (κ1) is 27.6. The standard InChI is InChI=1S/C25H26N4O7S2/c1-15-12-18(17(3)28(15)20-8-6-19(7-9-20)27(4)5)13-22-16(2)26-29(25(22)30)23-14-21(37-36-35-31)10-11-24(23)38(32,33)34/h6-14,31H,1-5H3,(H,32,33,34)/b22-13-. The first-order valence-electron chi connectivity index (χ1n) is 11.3. The minimum Gasteiger partial charge on any atom is -0.378 e. The molecule has 0 saturated heterocycles. The number of rotatable bonds is 8. The van der Waals surface area contributed by atoms with Crippen molar-refractivity contribution in [3.05, 3.63) is 71.1 Å². The van der Waals surface area contributed by atoms with Crippen molar-refractivity contribution < 1.29 is 32.4 Å². The highest BCUT2D eigenvalue weighted by Crippen LogP contribution is 2.35. The molecule has 2 aromatic carbocycles. The minimum absolute atomic E-state index is 0.182. The van der Waals surface area contributed by atoms with Crippen molar-refractivity contribution in [3.8, 4) is 5.69 Å². The monoisotopic (exact) mass is 558 g/mol. The van der Waals surface area contributed by atoms with Crippen LogP contribution in [0.5, 0.6) is 0 Å². The van der Waals surface area contributed by atoms with E-state index in [1.165, 1.54) is 12.1 Å². The lowest BCUT2D eigenvalue weighted by atomic mass is 10.1. The topological polar surface area (TPSA) is 134 Å². The Morgan fingerprint density at radius 1 is 1.05 bits per heavy atom. The summed E-state index contributed by atoms with van der Waals surface area (Å²) in [4.78, 5) is 15.2. The van der Waals surface area contributed by atoms with E-state index in [0.29, 0.717) is 17.8 Å². The van der Waals surface area contributed by atoms with Crippen molar-refractivity contribution in [2.75, 3.05) is 24.0 Å². The number of anilines is 2. The number of hydrogen-bond acceptors (Lipinski definition) is 9. The average molecular weight is 559 g/mol. The second-order valence-corrected chi connectivity index (χ2v) is 10.9. The Hall–Kier alpha value is -3.46. The van der Waals surface area contributed by atoms with Gasteiger partial charge in [-0.05, 0) is 80.9 Å². The second-order valence-electron chi connectivity index (χ2n) is 8.76. The molecule has 0 radical (unpaired) electrons. The van der Waals surface area contributed by atoms with Crippen LogP contribution in [0, 0.1) is 13.8 Å². The number of aryl methyl sites for hydroxylation is 1. The lowest BCUT2D eigenvalue weighted by Gasteiger charge is -2.16. The van der Waals surface area contributed by atoms with Gasteiger partial charge in [-0.25, -0.2) is 5.26 Å². The number of benzene rings is 2. The van der Waals surface area contributed by atoms with Crippen LogP contribution in [0.1, 0.15) is 23.9 Å². The summed E-state index contributed by atoms with van der Waals surface area (Å²) in [6, 6.07) is 13.7. The molecule has 13 heteroatoms. The van der Waals surface area contributed by atoms with Gasteiger partial charge in [-0.1, -0.05) is 5.04 Å². The number of hydrazone groups is 1. The lowest BCUT2D eigenvalue weighted by molar-refractivity contribution is -0.432. The van der Waals surface area contributed by atoms with E-state index in [9.17, 15) is 17.8 Å². The Labute approximate surface area is 224 Å². The van der Waals surface area contributed by atoms with E-state index in [0.717, 1.165) is 39.4 Å². The van der Waals surface area contributed by atoms with E-state index < -0.39 is 20.9 Å². The van der Waals surface area contributed by atoms with Gasteiger partial charge >= 0.3 is 0 Å². The maximum absolute atomic E-state index is 13.5. The van der Waals surface area contributed by atoms with E-state index in [1.54, 1.807) is 13.0 Å². The molecule has 1 aliphatic rings. The van der Waals surface area contributed by atoms with Crippen LogP contribution in [-0.2, 0) is 24.3 Å². The van der Waals surface area contributed by atoms with E-state index in [1.807, 2.05) is 63.2 Å². The molecule has 11 nitrogen and oxygen atoms in total. The maximum Gasteiger partial charge on any atom is 0.296 e. The number of carbonyl (C=O) groups excluding carboxylic acids is 1. The summed E-state index contributed by atoms with van der Waals surface area (Å²) >= 11 is 0.570. The number of carbonyl (C=O) groups is 1. The predicted molar refractivity (Wildman–Crippen MR) is 145 cm³/mol. The molecular weight excluding hydrogens is 532 g/mol. The Morgan fingerprint density at radius 2 is 1.74 bits per heavy atom. The molecule has 0 unspecified atom stereocenters. The smallest absolute Gasteiger partial charge is 0.296 e. The summed E-state index contributed by atoms with van der Waals surface area (Å²) < 4.78 is 40.3. The minimum atomic E-state index is -4.69. The molecule has 0 bridgehead atoms. The van der Waals surface area contributed by atoms with Gasteiger partial charge in [0.25, 0.3) is 16.0 Å². The van der Waals surface area contributed by atoms with Gasteiger partial charge in [-0.15, -0.1) is 4.33 Å². The van der Waals surface area contributed by atoms with Crippen LogP contribution >= 0.6 is 12.0 Å². The summed E-state index contributed by atoms with van der Waals surface area (Å²) in [5.74, 6) is -0.575. The van der Waals surface area contributed by atoms with Crippen LogP contribution in [0.3, 0.4) is 0 Å². The van der Waals surface area contributed by atoms with Gasteiger partial charge in [0.05, 0.1) is 29.0 Å². The van der Waals surface area contributed by atoms with Gasteiger partial charge in [0.1, 0.15) is 4.90 Å². The van der Waals surface area contributed by atoms with Crippen molar-refractivity contribution >= 4 is 51.2 Å². The van der Waals surface area contributed by atoms with Crippen molar-refractivity contribution in [1.29, 1.82) is 0 Å².